The van der Waals surface area contributed by atoms with Crippen LogP contribution in [0.3, 0.4) is 0 Å². The zero-order valence-electron chi connectivity index (χ0n) is 8.12. The van der Waals surface area contributed by atoms with Crippen molar-refractivity contribution in [2.75, 3.05) is 6.61 Å². The highest BCUT2D eigenvalue weighted by atomic mass is 16.4. The van der Waals surface area contributed by atoms with E-state index < -0.39 is 5.97 Å². The molecule has 0 saturated heterocycles. The lowest BCUT2D eigenvalue weighted by atomic mass is 9.95. The summed E-state index contributed by atoms with van der Waals surface area (Å²) in [6, 6.07) is 0. The summed E-state index contributed by atoms with van der Waals surface area (Å²) in [4.78, 5) is 10.5. The maximum atomic E-state index is 10.5. The van der Waals surface area contributed by atoms with Gasteiger partial charge in [-0.25, -0.2) is 4.79 Å². The number of hydrogen-bond donors (Lipinski definition) is 2. The van der Waals surface area contributed by atoms with E-state index in [9.17, 15) is 4.79 Å². The second kappa shape index (κ2) is 6.66. The van der Waals surface area contributed by atoms with E-state index in [2.05, 4.69) is 13.5 Å². The van der Waals surface area contributed by atoms with Crippen LogP contribution in [0.1, 0.15) is 32.6 Å². The summed E-state index contributed by atoms with van der Waals surface area (Å²) >= 11 is 0. The van der Waals surface area contributed by atoms with E-state index in [1.807, 2.05) is 0 Å². The SMILES string of the molecule is C=C(C(=O)O)C(CO)CCCCC. The van der Waals surface area contributed by atoms with Gasteiger partial charge in [-0.3, -0.25) is 0 Å². The second-order valence-electron chi connectivity index (χ2n) is 3.21. The van der Waals surface area contributed by atoms with Crippen LogP contribution >= 0.6 is 0 Å². The van der Waals surface area contributed by atoms with Gasteiger partial charge in [-0.2, -0.15) is 0 Å². The molecular formula is C10H18O3. The highest BCUT2D eigenvalue weighted by Gasteiger charge is 2.16. The minimum Gasteiger partial charge on any atom is -0.478 e. The third-order valence-electron chi connectivity index (χ3n) is 2.14. The molecule has 0 bridgehead atoms. The number of carboxylic acids is 1. The normalized spacial score (nSPS) is 12.5. The molecule has 0 fully saturated rings. The molecule has 3 heteroatoms. The smallest absolute Gasteiger partial charge is 0.331 e. The molecule has 0 aliphatic carbocycles. The van der Waals surface area contributed by atoms with Gasteiger partial charge < -0.3 is 10.2 Å². The largest absolute Gasteiger partial charge is 0.478 e. The maximum absolute atomic E-state index is 10.5. The number of hydrogen-bond acceptors (Lipinski definition) is 2. The van der Waals surface area contributed by atoms with E-state index in [-0.39, 0.29) is 18.1 Å². The van der Waals surface area contributed by atoms with E-state index in [1.54, 1.807) is 0 Å². The summed E-state index contributed by atoms with van der Waals surface area (Å²) < 4.78 is 0. The van der Waals surface area contributed by atoms with E-state index >= 15 is 0 Å². The van der Waals surface area contributed by atoms with Crippen molar-refractivity contribution in [2.45, 2.75) is 32.6 Å². The lowest BCUT2D eigenvalue weighted by Crippen LogP contribution is -2.15. The predicted octanol–water partition coefficient (Wildman–Crippen LogP) is 1.82. The molecule has 1 unspecified atom stereocenters. The highest BCUT2D eigenvalue weighted by molar-refractivity contribution is 5.86. The minimum atomic E-state index is -1.00. The summed E-state index contributed by atoms with van der Waals surface area (Å²) in [5.41, 5.74) is 0.124. The Bertz CT molecular complexity index is 175. The van der Waals surface area contributed by atoms with Crippen molar-refractivity contribution in [3.8, 4) is 0 Å². The number of unbranched alkanes of at least 4 members (excludes halogenated alkanes) is 2. The molecule has 13 heavy (non-hydrogen) atoms. The third kappa shape index (κ3) is 4.68. The van der Waals surface area contributed by atoms with Gasteiger partial charge >= 0.3 is 5.97 Å². The molecule has 0 amide bonds. The fourth-order valence-electron chi connectivity index (χ4n) is 1.19. The molecule has 76 valence electrons. The number of carbonyl (C=O) groups is 1. The van der Waals surface area contributed by atoms with Gasteiger partial charge in [0.05, 0.1) is 6.61 Å². The number of aliphatic hydroxyl groups excluding tert-OH is 1. The van der Waals surface area contributed by atoms with Gasteiger partial charge in [0, 0.05) is 11.5 Å². The van der Waals surface area contributed by atoms with Crippen molar-refractivity contribution in [1.29, 1.82) is 0 Å². The maximum Gasteiger partial charge on any atom is 0.331 e. The molecule has 0 spiro atoms. The van der Waals surface area contributed by atoms with Crippen LogP contribution in [0, 0.1) is 5.92 Å². The van der Waals surface area contributed by atoms with Gasteiger partial charge in [0.1, 0.15) is 0 Å². The summed E-state index contributed by atoms with van der Waals surface area (Å²) in [5.74, 6) is -1.28. The first-order valence-corrected chi connectivity index (χ1v) is 4.66. The van der Waals surface area contributed by atoms with Gasteiger partial charge in [0.25, 0.3) is 0 Å². The molecule has 2 N–H and O–H groups in total. The molecule has 0 aliphatic heterocycles. The molecule has 0 rings (SSSR count). The molecule has 1 atom stereocenters. The zero-order chi connectivity index (χ0) is 10.3. The average molecular weight is 186 g/mol. The van der Waals surface area contributed by atoms with E-state index in [0.717, 1.165) is 25.7 Å². The van der Waals surface area contributed by atoms with E-state index in [0.29, 0.717) is 0 Å². The van der Waals surface area contributed by atoms with Gasteiger partial charge in [0.15, 0.2) is 0 Å². The Hall–Kier alpha value is -0.830. The molecule has 0 aromatic heterocycles. The van der Waals surface area contributed by atoms with Gasteiger partial charge in [0.2, 0.25) is 0 Å². The van der Waals surface area contributed by atoms with E-state index in [1.165, 1.54) is 0 Å². The molecule has 0 saturated carbocycles. The van der Waals surface area contributed by atoms with Crippen LogP contribution in [0.25, 0.3) is 0 Å². The minimum absolute atomic E-state index is 0.116. The Kier molecular flexibility index (Phi) is 6.24. The Morgan fingerprint density at radius 1 is 1.46 bits per heavy atom. The first-order valence-electron chi connectivity index (χ1n) is 4.66. The van der Waals surface area contributed by atoms with Crippen LogP contribution in [0.2, 0.25) is 0 Å². The van der Waals surface area contributed by atoms with Gasteiger partial charge in [-0.15, -0.1) is 0 Å². The molecule has 0 radical (unpaired) electrons. The molecule has 0 aromatic carbocycles. The predicted molar refractivity (Wildman–Crippen MR) is 51.5 cm³/mol. The average Bonchev–Trinajstić information content (AvgIpc) is 2.11. The van der Waals surface area contributed by atoms with Crippen LogP contribution in [0.4, 0.5) is 0 Å². The standard InChI is InChI=1S/C10H18O3/c1-3-4-5-6-9(7-11)8(2)10(12)13/h9,11H,2-7H2,1H3,(H,12,13). The lowest BCUT2D eigenvalue weighted by molar-refractivity contribution is -0.133. The molecule has 3 nitrogen and oxygen atoms in total. The fourth-order valence-corrected chi connectivity index (χ4v) is 1.19. The van der Waals surface area contributed by atoms with Crippen LogP contribution in [0.15, 0.2) is 12.2 Å². The summed E-state index contributed by atoms with van der Waals surface area (Å²) in [6.45, 7) is 5.41. The summed E-state index contributed by atoms with van der Waals surface area (Å²) in [5, 5.41) is 17.5. The van der Waals surface area contributed by atoms with Crippen LogP contribution in [0.5, 0.6) is 0 Å². The van der Waals surface area contributed by atoms with Gasteiger partial charge in [-0.05, 0) is 6.42 Å². The molecular weight excluding hydrogens is 168 g/mol. The topological polar surface area (TPSA) is 57.5 Å². The van der Waals surface area contributed by atoms with Crippen LogP contribution in [-0.4, -0.2) is 22.8 Å². The van der Waals surface area contributed by atoms with Crippen molar-refractivity contribution in [3.63, 3.8) is 0 Å². The third-order valence-corrected chi connectivity index (χ3v) is 2.14. The number of aliphatic hydroxyl groups is 1. The van der Waals surface area contributed by atoms with Crippen molar-refractivity contribution < 1.29 is 15.0 Å². The van der Waals surface area contributed by atoms with Crippen molar-refractivity contribution in [1.82, 2.24) is 0 Å². The Morgan fingerprint density at radius 3 is 2.46 bits per heavy atom. The first kappa shape index (κ1) is 12.2. The van der Waals surface area contributed by atoms with Crippen LogP contribution in [-0.2, 0) is 4.79 Å². The number of aliphatic carboxylic acids is 1. The quantitative estimate of drug-likeness (QED) is 0.471. The molecule has 0 heterocycles. The van der Waals surface area contributed by atoms with Gasteiger partial charge in [-0.1, -0.05) is 32.8 Å². The monoisotopic (exact) mass is 186 g/mol. The molecule has 0 aromatic rings. The fraction of sp³-hybridized carbons (Fsp3) is 0.700. The van der Waals surface area contributed by atoms with E-state index in [4.69, 9.17) is 10.2 Å². The summed E-state index contributed by atoms with van der Waals surface area (Å²) in [7, 11) is 0. The van der Waals surface area contributed by atoms with Crippen molar-refractivity contribution >= 4 is 5.97 Å². The lowest BCUT2D eigenvalue weighted by Gasteiger charge is -2.13. The highest BCUT2D eigenvalue weighted by Crippen LogP contribution is 2.16. The summed E-state index contributed by atoms with van der Waals surface area (Å²) in [6.07, 6.45) is 3.84. The Balaban J connectivity index is 3.88. The van der Waals surface area contributed by atoms with Crippen molar-refractivity contribution in [2.24, 2.45) is 5.92 Å². The zero-order valence-corrected chi connectivity index (χ0v) is 8.12. The number of rotatable bonds is 7. The number of carboxylic acid groups (broad SMARTS) is 1. The Morgan fingerprint density at radius 2 is 2.08 bits per heavy atom. The first-order chi connectivity index (χ1) is 6.13. The van der Waals surface area contributed by atoms with Crippen LogP contribution < -0.4 is 0 Å². The molecule has 0 aliphatic rings. The Labute approximate surface area is 79.1 Å². The second-order valence-corrected chi connectivity index (χ2v) is 3.21. The van der Waals surface area contributed by atoms with Crippen molar-refractivity contribution in [3.05, 3.63) is 12.2 Å².